The highest BCUT2D eigenvalue weighted by molar-refractivity contribution is 5.94. The molecule has 0 bridgehead atoms. The zero-order valence-electron chi connectivity index (χ0n) is 13.0. The number of rotatable bonds is 5. The predicted molar refractivity (Wildman–Crippen MR) is 87.6 cm³/mol. The normalized spacial score (nSPS) is 15.8. The molecule has 0 saturated carbocycles. The lowest BCUT2D eigenvalue weighted by Gasteiger charge is -2.14. The van der Waals surface area contributed by atoms with E-state index in [2.05, 4.69) is 17.4 Å². The standard InChI is InChI=1S/C19H19NO3/c1-13(21)14-6-9-16(10-7-14)23-12-19(22)20-18-11-8-15-4-2-3-5-17(15)18/h2-7,9-10,18H,8,11-12H2,1H3,(H,20,22). The molecular formula is C19H19NO3. The lowest BCUT2D eigenvalue weighted by molar-refractivity contribution is -0.123. The highest BCUT2D eigenvalue weighted by Crippen LogP contribution is 2.30. The molecule has 2 aromatic rings. The molecule has 1 atom stereocenters. The van der Waals surface area contributed by atoms with Crippen molar-refractivity contribution in [2.45, 2.75) is 25.8 Å². The first kappa shape index (κ1) is 15.3. The summed E-state index contributed by atoms with van der Waals surface area (Å²) in [5, 5.41) is 3.02. The van der Waals surface area contributed by atoms with Crippen molar-refractivity contribution in [1.82, 2.24) is 5.32 Å². The number of Topliss-reactive ketones (excluding diaryl/α,β-unsaturated/α-hetero) is 1. The SMILES string of the molecule is CC(=O)c1ccc(OCC(=O)NC2CCc3ccccc32)cc1. The Morgan fingerprint density at radius 1 is 1.13 bits per heavy atom. The number of fused-ring (bicyclic) bond motifs is 1. The number of ether oxygens (including phenoxy) is 1. The van der Waals surface area contributed by atoms with Gasteiger partial charge in [0.25, 0.3) is 5.91 Å². The molecule has 0 aliphatic heterocycles. The molecule has 0 heterocycles. The van der Waals surface area contributed by atoms with E-state index in [0.29, 0.717) is 11.3 Å². The molecule has 1 unspecified atom stereocenters. The van der Waals surface area contributed by atoms with Crippen molar-refractivity contribution in [1.29, 1.82) is 0 Å². The highest BCUT2D eigenvalue weighted by atomic mass is 16.5. The average Bonchev–Trinajstić information content (AvgIpc) is 2.96. The number of hydrogen-bond donors (Lipinski definition) is 1. The quantitative estimate of drug-likeness (QED) is 0.864. The zero-order valence-corrected chi connectivity index (χ0v) is 13.0. The van der Waals surface area contributed by atoms with E-state index in [-0.39, 0.29) is 24.3 Å². The van der Waals surface area contributed by atoms with E-state index in [4.69, 9.17) is 4.74 Å². The third-order valence-electron chi connectivity index (χ3n) is 4.10. The largest absolute Gasteiger partial charge is 0.484 e. The molecule has 0 aromatic heterocycles. The van der Waals surface area contributed by atoms with Crippen LogP contribution in [0.1, 0.15) is 40.9 Å². The van der Waals surface area contributed by atoms with Crippen LogP contribution in [0.5, 0.6) is 5.75 Å². The minimum absolute atomic E-state index is 0.00851. The van der Waals surface area contributed by atoms with Gasteiger partial charge >= 0.3 is 0 Å². The molecule has 2 aromatic carbocycles. The van der Waals surface area contributed by atoms with Crippen LogP contribution in [0.4, 0.5) is 0 Å². The molecular weight excluding hydrogens is 290 g/mol. The second-order valence-corrected chi connectivity index (χ2v) is 5.73. The minimum Gasteiger partial charge on any atom is -0.484 e. The van der Waals surface area contributed by atoms with Gasteiger partial charge in [0.2, 0.25) is 0 Å². The summed E-state index contributed by atoms with van der Waals surface area (Å²) in [5.74, 6) is 0.452. The smallest absolute Gasteiger partial charge is 0.258 e. The second-order valence-electron chi connectivity index (χ2n) is 5.73. The van der Waals surface area contributed by atoms with Crippen molar-refractivity contribution in [3.05, 3.63) is 65.2 Å². The van der Waals surface area contributed by atoms with Crippen LogP contribution in [0.2, 0.25) is 0 Å². The lowest BCUT2D eigenvalue weighted by Crippen LogP contribution is -2.31. The molecule has 0 saturated heterocycles. The summed E-state index contributed by atoms with van der Waals surface area (Å²) in [5.41, 5.74) is 3.13. The van der Waals surface area contributed by atoms with E-state index >= 15 is 0 Å². The maximum atomic E-state index is 12.1. The number of ketones is 1. The number of carbonyl (C=O) groups excluding carboxylic acids is 2. The van der Waals surface area contributed by atoms with Crippen molar-refractivity contribution in [2.75, 3.05) is 6.61 Å². The molecule has 1 aliphatic rings. The molecule has 23 heavy (non-hydrogen) atoms. The summed E-state index contributed by atoms with van der Waals surface area (Å²) >= 11 is 0. The molecule has 3 rings (SSSR count). The fourth-order valence-corrected chi connectivity index (χ4v) is 2.88. The lowest BCUT2D eigenvalue weighted by atomic mass is 10.1. The van der Waals surface area contributed by atoms with E-state index in [1.807, 2.05) is 12.1 Å². The van der Waals surface area contributed by atoms with Gasteiger partial charge in [0.15, 0.2) is 12.4 Å². The van der Waals surface area contributed by atoms with Crippen LogP contribution in [0.15, 0.2) is 48.5 Å². The van der Waals surface area contributed by atoms with E-state index < -0.39 is 0 Å². The molecule has 1 amide bonds. The third kappa shape index (κ3) is 3.59. The molecule has 0 radical (unpaired) electrons. The van der Waals surface area contributed by atoms with Gasteiger partial charge in [0.1, 0.15) is 5.75 Å². The third-order valence-corrected chi connectivity index (χ3v) is 4.10. The second kappa shape index (κ2) is 6.65. The van der Waals surface area contributed by atoms with Gasteiger partial charge in [0.05, 0.1) is 6.04 Å². The van der Waals surface area contributed by atoms with Gasteiger partial charge in [-0.3, -0.25) is 9.59 Å². The summed E-state index contributed by atoms with van der Waals surface area (Å²) < 4.78 is 5.48. The maximum absolute atomic E-state index is 12.1. The summed E-state index contributed by atoms with van der Waals surface area (Å²) in [4.78, 5) is 23.3. The summed E-state index contributed by atoms with van der Waals surface area (Å²) in [6.07, 6.45) is 1.92. The fraction of sp³-hybridized carbons (Fsp3) is 0.263. The van der Waals surface area contributed by atoms with Crippen LogP contribution in [-0.4, -0.2) is 18.3 Å². The number of aryl methyl sites for hydroxylation is 1. The Hall–Kier alpha value is -2.62. The Kier molecular flexibility index (Phi) is 4.42. The van der Waals surface area contributed by atoms with Gasteiger partial charge in [0, 0.05) is 5.56 Å². The Bertz CT molecular complexity index is 722. The molecule has 4 nitrogen and oxygen atoms in total. The molecule has 1 aliphatic carbocycles. The van der Waals surface area contributed by atoms with Crippen molar-refractivity contribution in [3.8, 4) is 5.75 Å². The monoisotopic (exact) mass is 309 g/mol. The van der Waals surface area contributed by atoms with Gasteiger partial charge in [-0.25, -0.2) is 0 Å². The van der Waals surface area contributed by atoms with Crippen LogP contribution in [0, 0.1) is 0 Å². The summed E-state index contributed by atoms with van der Waals surface area (Å²) in [6.45, 7) is 1.49. The number of hydrogen-bond acceptors (Lipinski definition) is 3. The Balaban J connectivity index is 1.53. The summed E-state index contributed by atoms with van der Waals surface area (Å²) in [7, 11) is 0. The average molecular weight is 309 g/mol. The Morgan fingerprint density at radius 3 is 2.61 bits per heavy atom. The van der Waals surface area contributed by atoms with Gasteiger partial charge in [-0.2, -0.15) is 0 Å². The van der Waals surface area contributed by atoms with E-state index in [1.165, 1.54) is 18.1 Å². The van der Waals surface area contributed by atoms with Crippen LogP contribution in [0.25, 0.3) is 0 Å². The number of benzene rings is 2. The van der Waals surface area contributed by atoms with Gasteiger partial charge in [-0.1, -0.05) is 24.3 Å². The van der Waals surface area contributed by atoms with E-state index in [1.54, 1.807) is 24.3 Å². The number of amides is 1. The molecule has 1 N–H and O–H groups in total. The van der Waals surface area contributed by atoms with Gasteiger partial charge in [-0.05, 0) is 55.2 Å². The Labute approximate surface area is 135 Å². The predicted octanol–water partition coefficient (Wildman–Crippen LogP) is 3.07. The van der Waals surface area contributed by atoms with Crippen LogP contribution in [0.3, 0.4) is 0 Å². The molecule has 4 heteroatoms. The highest BCUT2D eigenvalue weighted by Gasteiger charge is 2.23. The van der Waals surface area contributed by atoms with Crippen LogP contribution >= 0.6 is 0 Å². The topological polar surface area (TPSA) is 55.4 Å². The van der Waals surface area contributed by atoms with Crippen molar-refractivity contribution >= 4 is 11.7 Å². The van der Waals surface area contributed by atoms with Crippen LogP contribution in [-0.2, 0) is 11.2 Å². The summed E-state index contributed by atoms with van der Waals surface area (Å²) in [6, 6.07) is 15.1. The first-order valence-electron chi connectivity index (χ1n) is 7.74. The van der Waals surface area contributed by atoms with Gasteiger partial charge in [-0.15, -0.1) is 0 Å². The van der Waals surface area contributed by atoms with Crippen LogP contribution < -0.4 is 10.1 Å². The van der Waals surface area contributed by atoms with Crippen molar-refractivity contribution in [2.24, 2.45) is 0 Å². The van der Waals surface area contributed by atoms with Crippen molar-refractivity contribution < 1.29 is 14.3 Å². The molecule has 0 spiro atoms. The molecule has 0 fully saturated rings. The Morgan fingerprint density at radius 2 is 1.87 bits per heavy atom. The zero-order chi connectivity index (χ0) is 16.2. The molecule has 118 valence electrons. The minimum atomic E-state index is -0.137. The first-order chi connectivity index (χ1) is 11.1. The van der Waals surface area contributed by atoms with Gasteiger partial charge < -0.3 is 10.1 Å². The first-order valence-corrected chi connectivity index (χ1v) is 7.74. The van der Waals surface area contributed by atoms with Crippen molar-refractivity contribution in [3.63, 3.8) is 0 Å². The number of carbonyl (C=O) groups is 2. The maximum Gasteiger partial charge on any atom is 0.258 e. The number of nitrogens with one attached hydrogen (secondary N) is 1. The fourth-order valence-electron chi connectivity index (χ4n) is 2.88. The van der Waals surface area contributed by atoms with E-state index in [9.17, 15) is 9.59 Å². The van der Waals surface area contributed by atoms with E-state index in [0.717, 1.165) is 12.8 Å².